The van der Waals surface area contributed by atoms with Crippen LogP contribution in [0.25, 0.3) is 10.1 Å². The average Bonchev–Trinajstić information content (AvgIpc) is 2.98. The molecule has 2 aromatic carbocycles. The predicted octanol–water partition coefficient (Wildman–Crippen LogP) is 5.08. The van der Waals surface area contributed by atoms with Crippen LogP contribution < -0.4 is 10.1 Å². The molecule has 0 bridgehead atoms. The van der Waals surface area contributed by atoms with E-state index in [9.17, 15) is 0 Å². The minimum absolute atomic E-state index is 0.297. The summed E-state index contributed by atoms with van der Waals surface area (Å²) < 4.78 is 7.16. The predicted molar refractivity (Wildman–Crippen MR) is 89.3 cm³/mol. The van der Waals surface area contributed by atoms with Gasteiger partial charge in [0.15, 0.2) is 0 Å². The molecule has 21 heavy (non-hydrogen) atoms. The van der Waals surface area contributed by atoms with Crippen LogP contribution in [0.15, 0.2) is 53.9 Å². The Hall–Kier alpha value is -2.00. The van der Waals surface area contributed by atoms with Crippen LogP contribution in [0.3, 0.4) is 0 Å². The average molecular weight is 295 g/mol. The summed E-state index contributed by atoms with van der Waals surface area (Å²) in [6.07, 6.45) is 0. The molecule has 2 nitrogen and oxygen atoms in total. The fraction of sp³-hybridized carbons (Fsp3) is 0.222. The van der Waals surface area contributed by atoms with Crippen molar-refractivity contribution >= 4 is 27.1 Å². The van der Waals surface area contributed by atoms with Gasteiger partial charge in [0.05, 0.1) is 12.6 Å². The molecule has 0 aliphatic carbocycles. The highest BCUT2D eigenvalue weighted by molar-refractivity contribution is 7.17. The molecule has 106 valence electrons. The van der Waals surface area contributed by atoms with Crippen molar-refractivity contribution in [2.24, 2.45) is 5.92 Å². The smallest absolute Gasteiger partial charge is 0.124 e. The van der Waals surface area contributed by atoms with Crippen molar-refractivity contribution in [2.75, 3.05) is 11.9 Å². The van der Waals surface area contributed by atoms with E-state index in [2.05, 4.69) is 60.1 Å². The minimum atomic E-state index is 0.297. The van der Waals surface area contributed by atoms with E-state index < -0.39 is 0 Å². The zero-order valence-corrected chi connectivity index (χ0v) is 12.7. The summed E-state index contributed by atoms with van der Waals surface area (Å²) in [5, 5.41) is 7.14. The van der Waals surface area contributed by atoms with Crippen LogP contribution in [0.2, 0.25) is 0 Å². The van der Waals surface area contributed by atoms with E-state index >= 15 is 0 Å². The van der Waals surface area contributed by atoms with Gasteiger partial charge in [0, 0.05) is 21.9 Å². The molecule has 2 unspecified atom stereocenters. The number of ether oxygens (including phenoxy) is 1. The monoisotopic (exact) mass is 295 g/mol. The van der Waals surface area contributed by atoms with Crippen molar-refractivity contribution in [3.63, 3.8) is 0 Å². The van der Waals surface area contributed by atoms with Crippen molar-refractivity contribution in [1.29, 1.82) is 0 Å². The van der Waals surface area contributed by atoms with Crippen LogP contribution in [0.5, 0.6) is 5.75 Å². The Morgan fingerprint density at radius 2 is 2.05 bits per heavy atom. The van der Waals surface area contributed by atoms with Crippen LogP contribution in [0.1, 0.15) is 18.5 Å². The van der Waals surface area contributed by atoms with Gasteiger partial charge in [-0.05, 0) is 41.1 Å². The number of benzene rings is 2. The molecular formula is C18H17NOS. The van der Waals surface area contributed by atoms with Gasteiger partial charge >= 0.3 is 0 Å². The van der Waals surface area contributed by atoms with Crippen LogP contribution in [0.4, 0.5) is 5.69 Å². The molecule has 0 fully saturated rings. The first-order valence-electron chi connectivity index (χ1n) is 7.27. The van der Waals surface area contributed by atoms with E-state index in [-0.39, 0.29) is 0 Å². The van der Waals surface area contributed by atoms with Gasteiger partial charge in [-0.1, -0.05) is 25.1 Å². The van der Waals surface area contributed by atoms with E-state index in [1.54, 1.807) is 11.3 Å². The van der Waals surface area contributed by atoms with Crippen molar-refractivity contribution in [3.8, 4) is 5.75 Å². The molecule has 0 spiro atoms. The zero-order valence-electron chi connectivity index (χ0n) is 11.9. The number of para-hydroxylation sites is 1. The van der Waals surface area contributed by atoms with Crippen LogP contribution in [-0.4, -0.2) is 6.61 Å². The molecule has 2 heterocycles. The maximum Gasteiger partial charge on any atom is 0.124 e. The standard InChI is InChI=1S/C18H17NOS/c1-12-11-20-16-5-3-2-4-15(16)18(12)19-14-6-7-17-13(10-14)8-9-21-17/h2-10,12,18-19H,11H2,1H3. The first-order chi connectivity index (χ1) is 10.3. The Labute approximate surface area is 128 Å². The summed E-state index contributed by atoms with van der Waals surface area (Å²) >= 11 is 1.78. The minimum Gasteiger partial charge on any atom is -0.493 e. The third kappa shape index (κ3) is 2.28. The highest BCUT2D eigenvalue weighted by Gasteiger charge is 2.27. The highest BCUT2D eigenvalue weighted by Crippen LogP contribution is 2.37. The van der Waals surface area contributed by atoms with E-state index in [0.29, 0.717) is 12.0 Å². The van der Waals surface area contributed by atoms with E-state index in [1.807, 2.05) is 6.07 Å². The summed E-state index contributed by atoms with van der Waals surface area (Å²) in [4.78, 5) is 0. The molecule has 1 N–H and O–H groups in total. The summed E-state index contributed by atoms with van der Waals surface area (Å²) in [5.74, 6) is 1.45. The van der Waals surface area contributed by atoms with Gasteiger partial charge in [0.1, 0.15) is 5.75 Å². The molecule has 1 aromatic heterocycles. The van der Waals surface area contributed by atoms with Crippen LogP contribution in [0, 0.1) is 5.92 Å². The molecule has 1 aliphatic rings. The van der Waals surface area contributed by atoms with Crippen molar-refractivity contribution < 1.29 is 4.74 Å². The third-order valence-electron chi connectivity index (χ3n) is 4.10. The van der Waals surface area contributed by atoms with Crippen LogP contribution in [-0.2, 0) is 0 Å². The van der Waals surface area contributed by atoms with E-state index in [1.165, 1.54) is 21.3 Å². The Morgan fingerprint density at radius 1 is 1.14 bits per heavy atom. The zero-order chi connectivity index (χ0) is 14.2. The van der Waals surface area contributed by atoms with Crippen molar-refractivity contribution in [3.05, 3.63) is 59.5 Å². The maximum absolute atomic E-state index is 5.82. The lowest BCUT2D eigenvalue weighted by Gasteiger charge is -2.32. The molecule has 2 atom stereocenters. The molecule has 0 radical (unpaired) electrons. The van der Waals surface area contributed by atoms with E-state index in [0.717, 1.165) is 12.4 Å². The Balaban J connectivity index is 1.69. The molecular weight excluding hydrogens is 278 g/mol. The first kappa shape index (κ1) is 12.7. The molecule has 3 heteroatoms. The lowest BCUT2D eigenvalue weighted by Crippen LogP contribution is -2.28. The highest BCUT2D eigenvalue weighted by atomic mass is 32.1. The molecule has 1 aliphatic heterocycles. The molecule has 3 aromatic rings. The number of anilines is 1. The van der Waals surface area contributed by atoms with Gasteiger partial charge in [0.2, 0.25) is 0 Å². The lowest BCUT2D eigenvalue weighted by molar-refractivity contribution is 0.214. The van der Waals surface area contributed by atoms with Gasteiger partial charge in [-0.15, -0.1) is 11.3 Å². The number of hydrogen-bond donors (Lipinski definition) is 1. The quantitative estimate of drug-likeness (QED) is 0.711. The number of thiophene rings is 1. The van der Waals surface area contributed by atoms with Crippen LogP contribution >= 0.6 is 11.3 Å². The van der Waals surface area contributed by atoms with Gasteiger partial charge in [-0.2, -0.15) is 0 Å². The molecule has 0 saturated heterocycles. The van der Waals surface area contributed by atoms with Crippen molar-refractivity contribution in [1.82, 2.24) is 0 Å². The topological polar surface area (TPSA) is 21.3 Å². The first-order valence-corrected chi connectivity index (χ1v) is 8.15. The second-order valence-electron chi connectivity index (χ2n) is 5.62. The fourth-order valence-corrected chi connectivity index (χ4v) is 3.72. The van der Waals surface area contributed by atoms with Gasteiger partial charge in [-0.25, -0.2) is 0 Å². The van der Waals surface area contributed by atoms with Crippen molar-refractivity contribution in [2.45, 2.75) is 13.0 Å². The number of hydrogen-bond acceptors (Lipinski definition) is 3. The van der Waals surface area contributed by atoms with E-state index in [4.69, 9.17) is 4.74 Å². The van der Waals surface area contributed by atoms with Gasteiger partial charge < -0.3 is 10.1 Å². The summed E-state index contributed by atoms with van der Waals surface area (Å²) in [5.41, 5.74) is 2.43. The Bertz CT molecular complexity index is 779. The normalized spacial score (nSPS) is 20.8. The second kappa shape index (κ2) is 5.08. The Kier molecular flexibility index (Phi) is 3.08. The molecule has 4 rings (SSSR count). The lowest BCUT2D eigenvalue weighted by atomic mass is 9.92. The number of nitrogens with one attached hydrogen (secondary N) is 1. The summed E-state index contributed by atoms with van der Waals surface area (Å²) in [6, 6.07) is 17.4. The van der Waals surface area contributed by atoms with Gasteiger partial charge in [0.25, 0.3) is 0 Å². The number of rotatable bonds is 2. The van der Waals surface area contributed by atoms with Gasteiger partial charge in [-0.3, -0.25) is 0 Å². The third-order valence-corrected chi connectivity index (χ3v) is 5.00. The summed E-state index contributed by atoms with van der Waals surface area (Å²) in [7, 11) is 0. The molecule has 0 amide bonds. The number of fused-ring (bicyclic) bond motifs is 2. The SMILES string of the molecule is CC1COc2ccccc2C1Nc1ccc2sccc2c1. The Morgan fingerprint density at radius 3 is 3.00 bits per heavy atom. The fourth-order valence-electron chi connectivity index (χ4n) is 2.95. The molecule has 0 saturated carbocycles. The summed E-state index contributed by atoms with van der Waals surface area (Å²) in [6.45, 7) is 2.99. The largest absolute Gasteiger partial charge is 0.493 e. The maximum atomic E-state index is 5.82. The second-order valence-corrected chi connectivity index (χ2v) is 6.57.